The predicted molar refractivity (Wildman–Crippen MR) is 89.5 cm³/mol. The molecule has 0 bridgehead atoms. The average Bonchev–Trinajstić information content (AvgIpc) is 3.10. The molecule has 6 heteroatoms. The molecule has 0 radical (unpaired) electrons. The number of thiophene rings is 1. The number of carbonyl (C=O) groups is 2. The Kier molecular flexibility index (Phi) is 5.02. The molecule has 126 valence electrons. The van der Waals surface area contributed by atoms with Crippen LogP contribution in [-0.2, 0) is 9.53 Å². The first-order chi connectivity index (χ1) is 11.1. The number of ether oxygens (including phenoxy) is 1. The number of nitrogens with zero attached hydrogens (tertiary/aromatic N) is 2. The lowest BCUT2D eigenvalue weighted by molar-refractivity contribution is -0.149. The van der Waals surface area contributed by atoms with E-state index in [2.05, 4.69) is 0 Å². The number of likely N-dealkylation sites (tertiary alicyclic amines) is 1. The van der Waals surface area contributed by atoms with Gasteiger partial charge in [-0.05, 0) is 38.1 Å². The van der Waals surface area contributed by atoms with Crippen LogP contribution in [0.25, 0.3) is 0 Å². The predicted octanol–water partition coefficient (Wildman–Crippen LogP) is 2.24. The van der Waals surface area contributed by atoms with E-state index in [0.717, 1.165) is 24.3 Å². The summed E-state index contributed by atoms with van der Waals surface area (Å²) in [6, 6.07) is 3.85. The molecule has 23 heavy (non-hydrogen) atoms. The standard InChI is InChI=1S/C17H24N2O3S/c1-12-11-22-13(2)9-19(12)16(20)14-5-3-7-18(10-14)17(21)15-6-4-8-23-15/h4,6,8,12-14H,3,5,7,9-11H2,1-2H3. The van der Waals surface area contributed by atoms with Crippen molar-refractivity contribution in [3.8, 4) is 0 Å². The molecule has 2 fully saturated rings. The molecule has 5 nitrogen and oxygen atoms in total. The Morgan fingerprint density at radius 2 is 2.13 bits per heavy atom. The zero-order valence-electron chi connectivity index (χ0n) is 13.7. The molecule has 0 aliphatic carbocycles. The van der Waals surface area contributed by atoms with Gasteiger partial charge in [0.2, 0.25) is 5.91 Å². The Morgan fingerprint density at radius 3 is 2.87 bits per heavy atom. The first-order valence-corrected chi connectivity index (χ1v) is 9.19. The third kappa shape index (κ3) is 3.58. The number of hydrogen-bond donors (Lipinski definition) is 0. The minimum Gasteiger partial charge on any atom is -0.375 e. The van der Waals surface area contributed by atoms with Crippen molar-refractivity contribution in [2.24, 2.45) is 5.92 Å². The van der Waals surface area contributed by atoms with Crippen molar-refractivity contribution in [2.75, 3.05) is 26.2 Å². The van der Waals surface area contributed by atoms with Crippen molar-refractivity contribution in [1.82, 2.24) is 9.80 Å². The molecular formula is C17H24N2O3S. The number of rotatable bonds is 2. The van der Waals surface area contributed by atoms with Crippen LogP contribution in [0.1, 0.15) is 36.4 Å². The molecule has 3 rings (SSSR count). The van der Waals surface area contributed by atoms with E-state index in [0.29, 0.717) is 19.7 Å². The summed E-state index contributed by atoms with van der Waals surface area (Å²) < 4.78 is 5.61. The third-order valence-electron chi connectivity index (χ3n) is 4.68. The SMILES string of the molecule is CC1CN(C(=O)C2CCCN(C(=O)c3cccs3)C2)C(C)CO1. The zero-order valence-corrected chi connectivity index (χ0v) is 14.6. The van der Waals surface area contributed by atoms with E-state index in [1.165, 1.54) is 11.3 Å². The van der Waals surface area contributed by atoms with E-state index in [1.54, 1.807) is 0 Å². The molecule has 2 amide bonds. The van der Waals surface area contributed by atoms with Crippen molar-refractivity contribution < 1.29 is 14.3 Å². The van der Waals surface area contributed by atoms with E-state index in [1.807, 2.05) is 41.2 Å². The molecule has 3 unspecified atom stereocenters. The fraction of sp³-hybridized carbons (Fsp3) is 0.647. The van der Waals surface area contributed by atoms with Crippen LogP contribution in [0, 0.1) is 5.92 Å². The van der Waals surface area contributed by atoms with Crippen molar-refractivity contribution >= 4 is 23.2 Å². The minimum absolute atomic E-state index is 0.0564. The van der Waals surface area contributed by atoms with Gasteiger partial charge in [0.1, 0.15) is 0 Å². The zero-order chi connectivity index (χ0) is 16.4. The van der Waals surface area contributed by atoms with Crippen LogP contribution in [0.3, 0.4) is 0 Å². The summed E-state index contributed by atoms with van der Waals surface area (Å²) in [5.41, 5.74) is 0. The maximum atomic E-state index is 12.9. The lowest BCUT2D eigenvalue weighted by Crippen LogP contribution is -2.54. The molecule has 3 atom stereocenters. The Balaban J connectivity index is 1.66. The molecule has 1 aromatic heterocycles. The van der Waals surface area contributed by atoms with Crippen LogP contribution >= 0.6 is 11.3 Å². The van der Waals surface area contributed by atoms with Crippen LogP contribution < -0.4 is 0 Å². The van der Waals surface area contributed by atoms with Gasteiger partial charge in [-0.2, -0.15) is 0 Å². The second kappa shape index (κ2) is 7.01. The summed E-state index contributed by atoms with van der Waals surface area (Å²) in [5.74, 6) is 0.151. The van der Waals surface area contributed by atoms with E-state index < -0.39 is 0 Å². The quantitative estimate of drug-likeness (QED) is 0.832. The average molecular weight is 336 g/mol. The molecule has 3 heterocycles. The fourth-order valence-corrected chi connectivity index (χ4v) is 4.05. The Hall–Kier alpha value is -1.40. The van der Waals surface area contributed by atoms with E-state index in [-0.39, 0.29) is 29.9 Å². The summed E-state index contributed by atoms with van der Waals surface area (Å²) in [7, 11) is 0. The highest BCUT2D eigenvalue weighted by Gasteiger charge is 2.35. The topological polar surface area (TPSA) is 49.9 Å². The van der Waals surface area contributed by atoms with Crippen LogP contribution in [0.2, 0.25) is 0 Å². The normalized spacial score (nSPS) is 28.7. The van der Waals surface area contributed by atoms with Gasteiger partial charge in [-0.15, -0.1) is 11.3 Å². The number of morpholine rings is 1. The summed E-state index contributed by atoms with van der Waals surface area (Å²) in [6.07, 6.45) is 1.84. The van der Waals surface area contributed by atoms with Crippen LogP contribution in [0.4, 0.5) is 0 Å². The Bertz CT molecular complexity index is 560. The van der Waals surface area contributed by atoms with Gasteiger partial charge in [0.25, 0.3) is 5.91 Å². The molecular weight excluding hydrogens is 312 g/mol. The van der Waals surface area contributed by atoms with Gasteiger partial charge >= 0.3 is 0 Å². The summed E-state index contributed by atoms with van der Waals surface area (Å²) in [4.78, 5) is 30.0. The maximum absolute atomic E-state index is 12.9. The molecule has 1 aromatic rings. The third-order valence-corrected chi connectivity index (χ3v) is 5.54. The Morgan fingerprint density at radius 1 is 1.30 bits per heavy atom. The van der Waals surface area contributed by atoms with Crippen LogP contribution in [0.5, 0.6) is 0 Å². The second-order valence-electron chi connectivity index (χ2n) is 6.55. The van der Waals surface area contributed by atoms with Gasteiger partial charge in [-0.3, -0.25) is 9.59 Å². The first-order valence-electron chi connectivity index (χ1n) is 8.31. The lowest BCUT2D eigenvalue weighted by atomic mass is 9.95. The number of amides is 2. The van der Waals surface area contributed by atoms with Gasteiger partial charge in [0.05, 0.1) is 29.5 Å². The van der Waals surface area contributed by atoms with Crippen molar-refractivity contribution in [2.45, 2.75) is 38.8 Å². The Labute approximate surface area is 141 Å². The molecule has 2 aliphatic rings. The van der Waals surface area contributed by atoms with Gasteiger partial charge in [-0.25, -0.2) is 0 Å². The van der Waals surface area contributed by atoms with Gasteiger partial charge in [0, 0.05) is 19.6 Å². The van der Waals surface area contributed by atoms with Crippen molar-refractivity contribution in [1.29, 1.82) is 0 Å². The summed E-state index contributed by atoms with van der Waals surface area (Å²) >= 11 is 1.46. The molecule has 0 spiro atoms. The molecule has 0 saturated carbocycles. The minimum atomic E-state index is -0.0830. The molecule has 2 saturated heterocycles. The maximum Gasteiger partial charge on any atom is 0.263 e. The van der Waals surface area contributed by atoms with E-state index in [4.69, 9.17) is 4.74 Å². The number of piperidine rings is 1. The monoisotopic (exact) mass is 336 g/mol. The molecule has 2 aliphatic heterocycles. The van der Waals surface area contributed by atoms with Crippen LogP contribution in [0.15, 0.2) is 17.5 Å². The van der Waals surface area contributed by atoms with E-state index in [9.17, 15) is 9.59 Å². The highest BCUT2D eigenvalue weighted by atomic mass is 32.1. The van der Waals surface area contributed by atoms with Crippen molar-refractivity contribution in [3.63, 3.8) is 0 Å². The molecule has 0 aromatic carbocycles. The highest BCUT2D eigenvalue weighted by Crippen LogP contribution is 2.24. The smallest absolute Gasteiger partial charge is 0.263 e. The largest absolute Gasteiger partial charge is 0.375 e. The lowest BCUT2D eigenvalue weighted by Gasteiger charge is -2.41. The summed E-state index contributed by atoms with van der Waals surface area (Å²) in [6.45, 7) is 6.55. The summed E-state index contributed by atoms with van der Waals surface area (Å²) in [5, 5.41) is 1.91. The van der Waals surface area contributed by atoms with Gasteiger partial charge in [-0.1, -0.05) is 6.07 Å². The highest BCUT2D eigenvalue weighted by molar-refractivity contribution is 7.12. The van der Waals surface area contributed by atoms with Crippen molar-refractivity contribution in [3.05, 3.63) is 22.4 Å². The number of carbonyl (C=O) groups excluding carboxylic acids is 2. The second-order valence-corrected chi connectivity index (χ2v) is 7.50. The van der Waals surface area contributed by atoms with E-state index >= 15 is 0 Å². The molecule has 0 N–H and O–H groups in total. The van der Waals surface area contributed by atoms with Gasteiger partial charge in [0.15, 0.2) is 0 Å². The first kappa shape index (κ1) is 16.5. The van der Waals surface area contributed by atoms with Crippen LogP contribution in [-0.4, -0.2) is 60.0 Å². The number of hydrogen-bond acceptors (Lipinski definition) is 4. The fourth-order valence-electron chi connectivity index (χ4n) is 3.36. The van der Waals surface area contributed by atoms with Gasteiger partial charge < -0.3 is 14.5 Å².